The molecule has 8 nitrogen and oxygen atoms in total. The largest absolute Gasteiger partial charge is 0.356 e. The molecule has 0 saturated heterocycles. The molecule has 0 bridgehead atoms. The van der Waals surface area contributed by atoms with Gasteiger partial charge in [0.1, 0.15) is 0 Å². The second-order valence-corrected chi connectivity index (χ2v) is 6.89. The van der Waals surface area contributed by atoms with Gasteiger partial charge in [-0.25, -0.2) is 0 Å². The van der Waals surface area contributed by atoms with Gasteiger partial charge in [0.15, 0.2) is 0 Å². The molecule has 1 heterocycles. The Labute approximate surface area is 168 Å². The van der Waals surface area contributed by atoms with Gasteiger partial charge in [-0.2, -0.15) is 0 Å². The minimum Gasteiger partial charge on any atom is -0.356 e. The van der Waals surface area contributed by atoms with Crippen molar-refractivity contribution >= 4 is 35.1 Å². The van der Waals surface area contributed by atoms with Crippen LogP contribution in [0.15, 0.2) is 53.5 Å². The highest BCUT2D eigenvalue weighted by Gasteiger charge is 2.15. The molecule has 0 saturated carbocycles. The molecule has 0 spiro atoms. The Bertz CT molecular complexity index is 951. The fourth-order valence-electron chi connectivity index (χ4n) is 2.71. The van der Waals surface area contributed by atoms with Crippen molar-refractivity contribution in [3.05, 3.63) is 59.7 Å². The molecule has 3 rings (SSSR count). The molecule has 0 aromatic heterocycles. The first-order chi connectivity index (χ1) is 13.9. The molecule has 8 heteroatoms. The van der Waals surface area contributed by atoms with Crippen molar-refractivity contribution in [2.75, 3.05) is 11.9 Å². The minimum atomic E-state index is -0.357. The number of guanidine groups is 1. The predicted octanol–water partition coefficient (Wildman–Crippen LogP) is 2.17. The summed E-state index contributed by atoms with van der Waals surface area (Å²) in [6.07, 6.45) is 0.320. The standard InChI is InChI=1S/C21H23N5O3/c1-13(2)23-20(29)15-4-3-5-17(12-15)24-16-8-6-14(7-9-16)19(28)26-21-22-11-10-18(27)25-21/h3-9,12-13,24H,10-11H2,1-2H3,(H,23,29)(H2,22,25,26,27,28). The lowest BCUT2D eigenvalue weighted by Gasteiger charge is -2.14. The minimum absolute atomic E-state index is 0.0608. The summed E-state index contributed by atoms with van der Waals surface area (Å²) in [6.45, 7) is 4.18. The number of hydrogen-bond acceptors (Lipinski definition) is 5. The molecule has 0 fully saturated rings. The van der Waals surface area contributed by atoms with Crippen LogP contribution in [-0.4, -0.2) is 36.3 Å². The number of amides is 3. The van der Waals surface area contributed by atoms with Gasteiger partial charge in [0.05, 0.1) is 6.54 Å². The summed E-state index contributed by atoms with van der Waals surface area (Å²) in [4.78, 5) is 39.9. The van der Waals surface area contributed by atoms with E-state index < -0.39 is 0 Å². The van der Waals surface area contributed by atoms with E-state index in [1.54, 1.807) is 42.5 Å². The number of nitrogens with zero attached hydrogens (tertiary/aromatic N) is 1. The van der Waals surface area contributed by atoms with Gasteiger partial charge in [-0.1, -0.05) is 6.07 Å². The summed E-state index contributed by atoms with van der Waals surface area (Å²) in [5.41, 5.74) is 2.53. The molecule has 0 radical (unpaired) electrons. The third-order valence-corrected chi connectivity index (χ3v) is 4.08. The Kier molecular flexibility index (Phi) is 6.23. The summed E-state index contributed by atoms with van der Waals surface area (Å²) >= 11 is 0. The normalized spacial score (nSPS) is 13.3. The van der Waals surface area contributed by atoms with Crippen molar-refractivity contribution in [1.82, 2.24) is 16.0 Å². The van der Waals surface area contributed by atoms with E-state index in [1.807, 2.05) is 19.9 Å². The lowest BCUT2D eigenvalue weighted by atomic mass is 10.1. The highest BCUT2D eigenvalue weighted by atomic mass is 16.2. The van der Waals surface area contributed by atoms with Gasteiger partial charge < -0.3 is 10.6 Å². The Balaban J connectivity index is 1.63. The molecule has 2 aromatic carbocycles. The highest BCUT2D eigenvalue weighted by Crippen LogP contribution is 2.18. The van der Waals surface area contributed by atoms with Crippen molar-refractivity contribution in [2.45, 2.75) is 26.3 Å². The monoisotopic (exact) mass is 393 g/mol. The van der Waals surface area contributed by atoms with Crippen molar-refractivity contribution in [3.8, 4) is 0 Å². The average Bonchev–Trinajstić information content (AvgIpc) is 2.68. The molecule has 0 aliphatic carbocycles. The van der Waals surface area contributed by atoms with Crippen LogP contribution in [0.2, 0.25) is 0 Å². The van der Waals surface area contributed by atoms with E-state index in [9.17, 15) is 14.4 Å². The van der Waals surface area contributed by atoms with Crippen LogP contribution >= 0.6 is 0 Å². The third kappa shape index (κ3) is 5.65. The number of benzene rings is 2. The molecule has 1 aliphatic rings. The second kappa shape index (κ2) is 9.01. The number of anilines is 2. The second-order valence-electron chi connectivity index (χ2n) is 6.89. The predicted molar refractivity (Wildman–Crippen MR) is 111 cm³/mol. The number of nitrogens with one attached hydrogen (secondary N) is 4. The van der Waals surface area contributed by atoms with E-state index in [0.717, 1.165) is 11.4 Å². The summed E-state index contributed by atoms with van der Waals surface area (Å²) in [7, 11) is 0. The summed E-state index contributed by atoms with van der Waals surface area (Å²) < 4.78 is 0. The van der Waals surface area contributed by atoms with Crippen molar-refractivity contribution in [2.24, 2.45) is 4.99 Å². The van der Waals surface area contributed by atoms with Gasteiger partial charge in [-0.05, 0) is 56.3 Å². The fraction of sp³-hybridized carbons (Fsp3) is 0.238. The van der Waals surface area contributed by atoms with E-state index >= 15 is 0 Å². The molecule has 4 N–H and O–H groups in total. The van der Waals surface area contributed by atoms with Crippen LogP contribution in [0, 0.1) is 0 Å². The maximum Gasteiger partial charge on any atom is 0.257 e. The van der Waals surface area contributed by atoms with E-state index in [2.05, 4.69) is 26.3 Å². The van der Waals surface area contributed by atoms with Gasteiger partial charge in [-0.15, -0.1) is 0 Å². The van der Waals surface area contributed by atoms with Gasteiger partial charge in [0, 0.05) is 35.0 Å². The Hall–Kier alpha value is -3.68. The van der Waals surface area contributed by atoms with Crippen LogP contribution in [0.25, 0.3) is 0 Å². The van der Waals surface area contributed by atoms with E-state index in [1.165, 1.54) is 0 Å². The average molecular weight is 393 g/mol. The number of carbonyl (C=O) groups excluding carboxylic acids is 3. The summed E-state index contributed by atoms with van der Waals surface area (Å²) in [5, 5.41) is 11.2. The zero-order chi connectivity index (χ0) is 20.8. The lowest BCUT2D eigenvalue weighted by molar-refractivity contribution is -0.119. The first-order valence-electron chi connectivity index (χ1n) is 9.34. The zero-order valence-electron chi connectivity index (χ0n) is 16.3. The molecular weight excluding hydrogens is 370 g/mol. The Morgan fingerprint density at radius 3 is 2.45 bits per heavy atom. The third-order valence-electron chi connectivity index (χ3n) is 4.08. The molecule has 2 aromatic rings. The van der Waals surface area contributed by atoms with Gasteiger partial charge in [-0.3, -0.25) is 30.0 Å². The lowest BCUT2D eigenvalue weighted by Crippen LogP contribution is -2.46. The maximum absolute atomic E-state index is 12.3. The van der Waals surface area contributed by atoms with Crippen LogP contribution in [0.4, 0.5) is 11.4 Å². The first-order valence-corrected chi connectivity index (χ1v) is 9.34. The molecule has 0 atom stereocenters. The summed E-state index contributed by atoms with van der Waals surface area (Å²) in [6, 6.07) is 14.1. The molecule has 150 valence electrons. The van der Waals surface area contributed by atoms with Crippen LogP contribution in [0.1, 0.15) is 41.0 Å². The topological polar surface area (TPSA) is 112 Å². The first kappa shape index (κ1) is 20.1. The number of carbonyl (C=O) groups is 3. The van der Waals surface area contributed by atoms with Gasteiger partial charge >= 0.3 is 0 Å². The number of aliphatic imine (C=N–C) groups is 1. The van der Waals surface area contributed by atoms with E-state index in [0.29, 0.717) is 24.1 Å². The smallest absolute Gasteiger partial charge is 0.257 e. The Morgan fingerprint density at radius 2 is 1.76 bits per heavy atom. The maximum atomic E-state index is 12.3. The molecular formula is C21H23N5O3. The quantitative estimate of drug-likeness (QED) is 0.624. The van der Waals surface area contributed by atoms with Gasteiger partial charge in [0.25, 0.3) is 11.8 Å². The van der Waals surface area contributed by atoms with Crippen LogP contribution in [0.5, 0.6) is 0 Å². The van der Waals surface area contributed by atoms with Crippen molar-refractivity contribution in [1.29, 1.82) is 0 Å². The van der Waals surface area contributed by atoms with E-state index in [-0.39, 0.29) is 29.7 Å². The fourth-order valence-corrected chi connectivity index (χ4v) is 2.71. The van der Waals surface area contributed by atoms with Crippen molar-refractivity contribution in [3.63, 3.8) is 0 Å². The highest BCUT2D eigenvalue weighted by molar-refractivity contribution is 6.10. The summed E-state index contributed by atoms with van der Waals surface area (Å²) in [5.74, 6) is -0.484. The molecule has 29 heavy (non-hydrogen) atoms. The van der Waals surface area contributed by atoms with E-state index in [4.69, 9.17) is 0 Å². The molecule has 3 amide bonds. The molecule has 1 aliphatic heterocycles. The number of rotatable bonds is 5. The van der Waals surface area contributed by atoms with Crippen LogP contribution in [-0.2, 0) is 4.79 Å². The van der Waals surface area contributed by atoms with Gasteiger partial charge in [0.2, 0.25) is 11.9 Å². The Morgan fingerprint density at radius 1 is 1.00 bits per heavy atom. The molecule has 0 unspecified atom stereocenters. The van der Waals surface area contributed by atoms with Crippen LogP contribution < -0.4 is 21.3 Å². The van der Waals surface area contributed by atoms with Crippen LogP contribution in [0.3, 0.4) is 0 Å². The van der Waals surface area contributed by atoms with Crippen molar-refractivity contribution < 1.29 is 14.4 Å². The zero-order valence-corrected chi connectivity index (χ0v) is 16.3. The SMILES string of the molecule is CC(C)NC(=O)c1cccc(Nc2ccc(C(=O)NC3=NCCC(=O)N3)cc2)c1. The number of hydrogen-bond donors (Lipinski definition) is 4.